The second-order valence-electron chi connectivity index (χ2n) is 9.89. The van der Waals surface area contributed by atoms with Crippen LogP contribution in [-0.2, 0) is 29.1 Å². The lowest BCUT2D eigenvalue weighted by Gasteiger charge is -2.29. The normalized spacial score (nSPS) is 22.6. The predicted octanol–water partition coefficient (Wildman–Crippen LogP) is 2.50. The molecule has 1 amide bonds. The number of aliphatic hydroxyl groups is 1. The van der Waals surface area contributed by atoms with Crippen LogP contribution in [-0.4, -0.2) is 105 Å². The number of carbonyl (C=O) groups excluding carboxylic acids is 2. The second-order valence-corrected chi connectivity index (χ2v) is 12.3. The molecule has 3 aliphatic heterocycles. The number of rotatable bonds is 8. The fraction of sp³-hybridized carbons (Fsp3) is 0.429. The highest BCUT2D eigenvalue weighted by molar-refractivity contribution is 7.89. The number of sulfonamides is 1. The number of amides is 1. The Hall–Kier alpha value is -2.80. The molecule has 0 radical (unpaired) electrons. The zero-order valence-electron chi connectivity index (χ0n) is 22.0. The van der Waals surface area contributed by atoms with Gasteiger partial charge in [-0.2, -0.15) is 4.31 Å². The van der Waals surface area contributed by atoms with Crippen molar-refractivity contribution in [3.8, 4) is 0 Å². The SMILES string of the molecule is O=C1C(=O)N(CCCN2CCOCC2)C(c2ccc(Cl)cc2)C1=C(O)c1ccc(S(=O)(=O)N2CCOCC2)cc1. The van der Waals surface area contributed by atoms with E-state index in [2.05, 4.69) is 4.90 Å². The third-order valence-corrected chi connectivity index (χ3v) is 9.60. The van der Waals surface area contributed by atoms with Crippen molar-refractivity contribution in [2.45, 2.75) is 17.4 Å². The van der Waals surface area contributed by atoms with Gasteiger partial charge >= 0.3 is 0 Å². The first-order valence-corrected chi connectivity index (χ1v) is 15.1. The largest absolute Gasteiger partial charge is 0.507 e. The van der Waals surface area contributed by atoms with Crippen LogP contribution in [0.25, 0.3) is 5.76 Å². The van der Waals surface area contributed by atoms with Crippen LogP contribution in [0.15, 0.2) is 59.0 Å². The fourth-order valence-electron chi connectivity index (χ4n) is 5.27. The smallest absolute Gasteiger partial charge is 0.295 e. The molecule has 3 saturated heterocycles. The number of benzene rings is 2. The van der Waals surface area contributed by atoms with Crippen LogP contribution in [0.3, 0.4) is 0 Å². The number of likely N-dealkylation sites (tertiary alicyclic amines) is 1. The van der Waals surface area contributed by atoms with Crippen LogP contribution in [0.2, 0.25) is 5.02 Å². The number of morpholine rings is 2. The summed E-state index contributed by atoms with van der Waals surface area (Å²) >= 11 is 6.10. The average Bonchev–Trinajstić information content (AvgIpc) is 3.23. The molecule has 1 N–H and O–H groups in total. The van der Waals surface area contributed by atoms with Gasteiger partial charge in [0, 0.05) is 49.9 Å². The molecule has 214 valence electrons. The van der Waals surface area contributed by atoms with Crippen molar-refractivity contribution in [1.82, 2.24) is 14.1 Å². The van der Waals surface area contributed by atoms with E-state index in [0.29, 0.717) is 50.0 Å². The van der Waals surface area contributed by atoms with Gasteiger partial charge in [-0.1, -0.05) is 23.7 Å². The minimum atomic E-state index is -3.73. The lowest BCUT2D eigenvalue weighted by atomic mass is 9.95. The molecule has 1 atom stereocenters. The summed E-state index contributed by atoms with van der Waals surface area (Å²) < 4.78 is 38.0. The van der Waals surface area contributed by atoms with Crippen molar-refractivity contribution >= 4 is 39.1 Å². The number of hydrogen-bond donors (Lipinski definition) is 1. The number of aliphatic hydroxyl groups excluding tert-OH is 1. The van der Waals surface area contributed by atoms with Crippen molar-refractivity contribution in [2.75, 3.05) is 65.7 Å². The molecule has 3 heterocycles. The van der Waals surface area contributed by atoms with Crippen LogP contribution < -0.4 is 0 Å². The van der Waals surface area contributed by atoms with Gasteiger partial charge < -0.3 is 19.5 Å². The minimum Gasteiger partial charge on any atom is -0.507 e. The Labute approximate surface area is 238 Å². The lowest BCUT2D eigenvalue weighted by Crippen LogP contribution is -2.40. The molecule has 12 heteroatoms. The van der Waals surface area contributed by atoms with Crippen LogP contribution in [0, 0.1) is 0 Å². The Morgan fingerprint density at radius 2 is 1.48 bits per heavy atom. The summed E-state index contributed by atoms with van der Waals surface area (Å²) in [6.45, 7) is 5.23. The standard InChI is InChI=1S/C28H32ClN3O7S/c29-22-6-2-20(3-7-22)25-24(27(34)28(35)32(25)11-1-10-30-12-16-38-17-13-30)26(33)21-4-8-23(9-5-21)40(36,37)31-14-18-39-19-15-31/h2-9,25,33H,1,10-19H2. The third-order valence-electron chi connectivity index (χ3n) is 7.44. The Bertz CT molecular complexity index is 1370. The first-order chi connectivity index (χ1) is 19.3. The molecule has 0 spiro atoms. The zero-order chi connectivity index (χ0) is 28.3. The number of carbonyl (C=O) groups is 2. The number of Topliss-reactive ketones (excluding diaryl/α,β-unsaturated/α-hetero) is 1. The Balaban J connectivity index is 1.44. The van der Waals surface area contributed by atoms with Gasteiger partial charge in [0.25, 0.3) is 11.7 Å². The van der Waals surface area contributed by atoms with Gasteiger partial charge in [-0.25, -0.2) is 8.42 Å². The second kappa shape index (κ2) is 12.4. The summed E-state index contributed by atoms with van der Waals surface area (Å²) in [4.78, 5) is 30.3. The van der Waals surface area contributed by atoms with E-state index in [0.717, 1.165) is 19.6 Å². The molecular weight excluding hydrogens is 558 g/mol. The van der Waals surface area contributed by atoms with Crippen LogP contribution in [0.1, 0.15) is 23.6 Å². The molecule has 2 aromatic rings. The quantitative estimate of drug-likeness (QED) is 0.284. The number of ether oxygens (including phenoxy) is 2. The van der Waals surface area contributed by atoms with Crippen LogP contribution in [0.4, 0.5) is 0 Å². The summed E-state index contributed by atoms with van der Waals surface area (Å²) in [6.07, 6.45) is 0.644. The van der Waals surface area contributed by atoms with Gasteiger partial charge in [-0.05, 0) is 48.4 Å². The zero-order valence-corrected chi connectivity index (χ0v) is 23.6. The van der Waals surface area contributed by atoms with Gasteiger partial charge in [0.1, 0.15) is 5.76 Å². The fourth-order valence-corrected chi connectivity index (χ4v) is 6.80. The maximum Gasteiger partial charge on any atom is 0.295 e. The van der Waals surface area contributed by atoms with Crippen LogP contribution in [0.5, 0.6) is 0 Å². The summed E-state index contributed by atoms with van der Waals surface area (Å²) in [5.41, 5.74) is 0.844. The summed E-state index contributed by atoms with van der Waals surface area (Å²) in [5, 5.41) is 11.8. The molecule has 0 bridgehead atoms. The Morgan fingerprint density at radius 3 is 2.10 bits per heavy atom. The van der Waals surface area contributed by atoms with Gasteiger partial charge in [-0.3, -0.25) is 14.5 Å². The first kappa shape index (κ1) is 28.7. The van der Waals surface area contributed by atoms with E-state index in [1.165, 1.54) is 33.5 Å². The number of halogens is 1. The minimum absolute atomic E-state index is 0.0394. The monoisotopic (exact) mass is 589 g/mol. The van der Waals surface area contributed by atoms with Crippen molar-refractivity contribution in [3.63, 3.8) is 0 Å². The number of ketones is 1. The van der Waals surface area contributed by atoms with E-state index in [1.54, 1.807) is 24.3 Å². The molecule has 3 aliphatic rings. The van der Waals surface area contributed by atoms with Crippen molar-refractivity contribution in [2.24, 2.45) is 0 Å². The highest BCUT2D eigenvalue weighted by Gasteiger charge is 2.45. The summed E-state index contributed by atoms with van der Waals surface area (Å²) in [7, 11) is -3.73. The third kappa shape index (κ3) is 5.95. The molecule has 0 aliphatic carbocycles. The summed E-state index contributed by atoms with van der Waals surface area (Å²) in [6, 6.07) is 11.7. The molecular formula is C28H32ClN3O7S. The topological polar surface area (TPSA) is 117 Å². The molecule has 2 aromatic carbocycles. The molecule has 0 aromatic heterocycles. The molecule has 10 nitrogen and oxygen atoms in total. The lowest BCUT2D eigenvalue weighted by molar-refractivity contribution is -0.140. The Kier molecular flexibility index (Phi) is 8.89. The van der Waals surface area contributed by atoms with Gasteiger partial charge in [0.05, 0.1) is 42.9 Å². The predicted molar refractivity (Wildman–Crippen MR) is 148 cm³/mol. The molecule has 5 rings (SSSR count). The van der Waals surface area contributed by atoms with Gasteiger partial charge in [-0.15, -0.1) is 0 Å². The van der Waals surface area contributed by atoms with E-state index in [4.69, 9.17) is 21.1 Å². The van der Waals surface area contributed by atoms with E-state index in [-0.39, 0.29) is 34.9 Å². The molecule has 1 unspecified atom stereocenters. The maximum absolute atomic E-state index is 13.3. The van der Waals surface area contributed by atoms with E-state index in [9.17, 15) is 23.1 Å². The van der Waals surface area contributed by atoms with Crippen molar-refractivity contribution in [1.29, 1.82) is 0 Å². The van der Waals surface area contributed by atoms with Crippen molar-refractivity contribution in [3.05, 3.63) is 70.3 Å². The van der Waals surface area contributed by atoms with E-state index in [1.807, 2.05) is 0 Å². The van der Waals surface area contributed by atoms with Crippen molar-refractivity contribution < 1.29 is 32.6 Å². The molecule has 40 heavy (non-hydrogen) atoms. The van der Waals surface area contributed by atoms with Gasteiger partial charge in [0.2, 0.25) is 10.0 Å². The highest BCUT2D eigenvalue weighted by atomic mass is 35.5. The number of hydrogen-bond acceptors (Lipinski definition) is 8. The molecule has 3 fully saturated rings. The summed E-state index contributed by atoms with van der Waals surface area (Å²) in [5.74, 6) is -1.83. The van der Waals surface area contributed by atoms with E-state index < -0.39 is 27.8 Å². The Morgan fingerprint density at radius 1 is 0.875 bits per heavy atom. The first-order valence-electron chi connectivity index (χ1n) is 13.3. The van der Waals surface area contributed by atoms with Gasteiger partial charge in [0.15, 0.2) is 0 Å². The van der Waals surface area contributed by atoms with Crippen LogP contribution >= 0.6 is 11.6 Å². The highest BCUT2D eigenvalue weighted by Crippen LogP contribution is 2.40. The maximum atomic E-state index is 13.3. The molecule has 0 saturated carbocycles. The van der Waals surface area contributed by atoms with E-state index >= 15 is 0 Å². The number of nitrogens with zero attached hydrogens (tertiary/aromatic N) is 3. The average molecular weight is 590 g/mol.